The van der Waals surface area contributed by atoms with E-state index in [2.05, 4.69) is 26.0 Å². The van der Waals surface area contributed by atoms with Gasteiger partial charge in [0.25, 0.3) is 5.91 Å². The zero-order valence-corrected chi connectivity index (χ0v) is 15.9. The van der Waals surface area contributed by atoms with Crippen LogP contribution < -0.4 is 10.0 Å². The van der Waals surface area contributed by atoms with Gasteiger partial charge >= 0.3 is 0 Å². The molecule has 2 aromatic carbocycles. The van der Waals surface area contributed by atoms with Gasteiger partial charge in [0.15, 0.2) is 5.76 Å². The lowest BCUT2D eigenvalue weighted by Crippen LogP contribution is -2.13. The summed E-state index contributed by atoms with van der Waals surface area (Å²) < 4.78 is 31.6. The Balaban J connectivity index is 1.87. The maximum atomic E-state index is 12.4. The molecule has 130 valence electrons. The molecule has 25 heavy (non-hydrogen) atoms. The first-order chi connectivity index (χ1) is 11.7. The van der Waals surface area contributed by atoms with Crippen LogP contribution in [0.25, 0.3) is 11.0 Å². The van der Waals surface area contributed by atoms with Gasteiger partial charge in [-0.1, -0.05) is 18.2 Å². The second kappa shape index (κ2) is 6.53. The van der Waals surface area contributed by atoms with E-state index >= 15 is 0 Å². The maximum Gasteiger partial charge on any atom is 0.291 e. The molecular formula is C17H15BrN2O4S. The van der Waals surface area contributed by atoms with Gasteiger partial charge in [0, 0.05) is 11.1 Å². The van der Waals surface area contributed by atoms with Crippen LogP contribution >= 0.6 is 15.9 Å². The highest BCUT2D eigenvalue weighted by atomic mass is 79.9. The standard InChI is InChI=1S/C17H15BrN2O4S/c1-10-6-7-12(9-14(10)20-25(2,22)23)19-17(21)15-8-11-4-3-5-13(18)16(11)24-15/h3-9,20H,1-2H3,(H,19,21). The van der Waals surface area contributed by atoms with E-state index < -0.39 is 15.9 Å². The number of hydrogen-bond donors (Lipinski definition) is 2. The van der Waals surface area contributed by atoms with Gasteiger partial charge in [0.2, 0.25) is 10.0 Å². The first-order valence-corrected chi connectivity index (χ1v) is 9.99. The number of aryl methyl sites for hydroxylation is 1. The zero-order valence-electron chi connectivity index (χ0n) is 13.5. The number of benzene rings is 2. The first-order valence-electron chi connectivity index (χ1n) is 7.31. The Morgan fingerprint density at radius 1 is 1.16 bits per heavy atom. The van der Waals surface area contributed by atoms with Gasteiger partial charge in [-0.25, -0.2) is 8.42 Å². The third-order valence-electron chi connectivity index (χ3n) is 3.51. The summed E-state index contributed by atoms with van der Waals surface area (Å²) >= 11 is 3.38. The van der Waals surface area contributed by atoms with E-state index in [0.717, 1.165) is 21.7 Å². The molecule has 0 atom stereocenters. The van der Waals surface area contributed by atoms with Crippen molar-refractivity contribution in [1.29, 1.82) is 0 Å². The van der Waals surface area contributed by atoms with Crippen LogP contribution in [0.2, 0.25) is 0 Å². The van der Waals surface area contributed by atoms with E-state index in [1.165, 1.54) is 0 Å². The summed E-state index contributed by atoms with van der Waals surface area (Å²) in [5, 5.41) is 3.52. The third-order valence-corrected chi connectivity index (χ3v) is 4.73. The summed E-state index contributed by atoms with van der Waals surface area (Å²) in [7, 11) is -3.41. The number of para-hydroxylation sites is 1. The number of carbonyl (C=O) groups is 1. The van der Waals surface area contributed by atoms with Crippen LogP contribution in [-0.2, 0) is 10.0 Å². The van der Waals surface area contributed by atoms with Gasteiger partial charge in [-0.05, 0) is 52.7 Å². The minimum Gasteiger partial charge on any atom is -0.450 e. The Labute approximate surface area is 153 Å². The monoisotopic (exact) mass is 422 g/mol. The van der Waals surface area contributed by atoms with Crippen LogP contribution in [0.4, 0.5) is 11.4 Å². The maximum absolute atomic E-state index is 12.4. The highest BCUT2D eigenvalue weighted by molar-refractivity contribution is 9.10. The van der Waals surface area contributed by atoms with Gasteiger partial charge in [-0.15, -0.1) is 0 Å². The molecule has 3 aromatic rings. The van der Waals surface area contributed by atoms with Crippen LogP contribution in [0.5, 0.6) is 0 Å². The molecule has 0 fully saturated rings. The third kappa shape index (κ3) is 4.02. The van der Waals surface area contributed by atoms with Crippen LogP contribution in [0.15, 0.2) is 51.4 Å². The minimum atomic E-state index is -3.41. The fraction of sp³-hybridized carbons (Fsp3) is 0.118. The summed E-state index contributed by atoms with van der Waals surface area (Å²) in [6, 6.07) is 12.2. The second-order valence-corrected chi connectivity index (χ2v) is 8.23. The van der Waals surface area contributed by atoms with Crippen molar-refractivity contribution < 1.29 is 17.6 Å². The Kier molecular flexibility index (Phi) is 4.57. The van der Waals surface area contributed by atoms with Crippen molar-refractivity contribution in [2.75, 3.05) is 16.3 Å². The summed E-state index contributed by atoms with van der Waals surface area (Å²) in [4.78, 5) is 12.4. The van der Waals surface area contributed by atoms with E-state index in [4.69, 9.17) is 4.42 Å². The summed E-state index contributed by atoms with van der Waals surface area (Å²) in [5.41, 5.74) is 2.21. The summed E-state index contributed by atoms with van der Waals surface area (Å²) in [6.45, 7) is 1.77. The van der Waals surface area contributed by atoms with Crippen molar-refractivity contribution in [1.82, 2.24) is 0 Å². The largest absolute Gasteiger partial charge is 0.450 e. The zero-order chi connectivity index (χ0) is 18.2. The summed E-state index contributed by atoms with van der Waals surface area (Å²) in [6.07, 6.45) is 1.07. The van der Waals surface area contributed by atoms with Crippen LogP contribution in [0, 0.1) is 6.92 Å². The van der Waals surface area contributed by atoms with Crippen molar-refractivity contribution in [3.05, 3.63) is 58.3 Å². The molecule has 0 radical (unpaired) electrons. The van der Waals surface area contributed by atoms with Gasteiger partial charge in [0.1, 0.15) is 5.58 Å². The Bertz CT molecular complexity index is 1070. The number of amides is 1. The molecule has 1 aromatic heterocycles. The quantitative estimate of drug-likeness (QED) is 0.661. The normalized spacial score (nSPS) is 11.5. The van der Waals surface area contributed by atoms with Gasteiger partial charge in [0.05, 0.1) is 16.4 Å². The molecule has 0 aliphatic rings. The van der Waals surface area contributed by atoms with E-state index in [0.29, 0.717) is 17.0 Å². The number of rotatable bonds is 4. The van der Waals surface area contributed by atoms with E-state index in [-0.39, 0.29) is 5.76 Å². The molecule has 1 heterocycles. The molecule has 0 unspecified atom stereocenters. The van der Waals surface area contributed by atoms with Crippen LogP contribution in [0.3, 0.4) is 0 Å². The number of anilines is 2. The minimum absolute atomic E-state index is 0.167. The van der Waals surface area contributed by atoms with Crippen molar-refractivity contribution in [2.45, 2.75) is 6.92 Å². The molecule has 0 aliphatic heterocycles. The lowest BCUT2D eigenvalue weighted by molar-refractivity contribution is 0.0998. The molecule has 0 saturated carbocycles. The number of fused-ring (bicyclic) bond motifs is 1. The lowest BCUT2D eigenvalue weighted by Gasteiger charge is -2.10. The predicted octanol–water partition coefficient (Wildman–Crippen LogP) is 4.13. The molecule has 0 bridgehead atoms. The number of nitrogens with one attached hydrogen (secondary N) is 2. The van der Waals surface area contributed by atoms with Crippen molar-refractivity contribution >= 4 is 54.2 Å². The van der Waals surface area contributed by atoms with Crippen molar-refractivity contribution in [3.8, 4) is 0 Å². The number of sulfonamides is 1. The predicted molar refractivity (Wildman–Crippen MR) is 102 cm³/mol. The number of furan rings is 1. The SMILES string of the molecule is Cc1ccc(NC(=O)c2cc3cccc(Br)c3o2)cc1NS(C)(=O)=O. The average Bonchev–Trinajstić information content (AvgIpc) is 2.95. The molecule has 3 rings (SSSR count). The highest BCUT2D eigenvalue weighted by Gasteiger charge is 2.15. The molecule has 8 heteroatoms. The van der Waals surface area contributed by atoms with Gasteiger partial charge in [-0.3, -0.25) is 9.52 Å². The molecule has 0 spiro atoms. The molecule has 0 saturated heterocycles. The van der Waals surface area contributed by atoms with E-state index in [1.54, 1.807) is 31.2 Å². The topological polar surface area (TPSA) is 88.4 Å². The molecular weight excluding hydrogens is 408 g/mol. The second-order valence-electron chi connectivity index (χ2n) is 5.63. The van der Waals surface area contributed by atoms with Crippen LogP contribution in [-0.4, -0.2) is 20.6 Å². The molecule has 1 amide bonds. The first kappa shape index (κ1) is 17.5. The fourth-order valence-corrected chi connectivity index (χ4v) is 3.42. The van der Waals surface area contributed by atoms with Crippen molar-refractivity contribution in [3.63, 3.8) is 0 Å². The Morgan fingerprint density at radius 2 is 1.92 bits per heavy atom. The lowest BCUT2D eigenvalue weighted by atomic mass is 10.2. The number of carbonyl (C=O) groups excluding carboxylic acids is 1. The van der Waals surface area contributed by atoms with E-state index in [1.807, 2.05) is 18.2 Å². The smallest absolute Gasteiger partial charge is 0.291 e. The number of halogens is 1. The van der Waals surface area contributed by atoms with Gasteiger partial charge in [-0.2, -0.15) is 0 Å². The molecule has 6 nitrogen and oxygen atoms in total. The fourth-order valence-electron chi connectivity index (χ4n) is 2.34. The van der Waals surface area contributed by atoms with E-state index in [9.17, 15) is 13.2 Å². The Morgan fingerprint density at radius 3 is 2.60 bits per heavy atom. The molecule has 2 N–H and O–H groups in total. The highest BCUT2D eigenvalue weighted by Crippen LogP contribution is 2.28. The molecule has 0 aliphatic carbocycles. The van der Waals surface area contributed by atoms with Crippen LogP contribution in [0.1, 0.15) is 16.1 Å². The summed E-state index contributed by atoms with van der Waals surface area (Å²) in [5.74, 6) is -0.252. The number of hydrogen-bond acceptors (Lipinski definition) is 4. The van der Waals surface area contributed by atoms with Crippen molar-refractivity contribution in [2.24, 2.45) is 0 Å². The Hall–Kier alpha value is -2.32. The van der Waals surface area contributed by atoms with Gasteiger partial charge < -0.3 is 9.73 Å². The average molecular weight is 423 g/mol.